The number of carbonyl (C=O) groups is 1. The van der Waals surface area contributed by atoms with Gasteiger partial charge in [0.25, 0.3) is 0 Å². The van der Waals surface area contributed by atoms with Crippen molar-refractivity contribution in [3.8, 4) is 0 Å². The maximum atomic E-state index is 10.6. The average molecular weight is 190 g/mol. The van der Waals surface area contributed by atoms with E-state index in [0.29, 0.717) is 0 Å². The molecule has 2 rings (SSSR count). The largest absolute Gasteiger partial charge is 0.349 e. The second-order valence-corrected chi connectivity index (χ2v) is 3.79. The fourth-order valence-electron chi connectivity index (χ4n) is 2.28. The van der Waals surface area contributed by atoms with E-state index in [1.165, 1.54) is 18.4 Å². The molecule has 3 nitrogen and oxygen atoms in total. The molecule has 1 aromatic rings. The molecule has 1 aliphatic carbocycles. The van der Waals surface area contributed by atoms with E-state index in [2.05, 4.69) is 10.3 Å². The Hall–Kier alpha value is -1.38. The van der Waals surface area contributed by atoms with E-state index in [0.717, 1.165) is 19.3 Å². The van der Waals surface area contributed by atoms with Crippen LogP contribution in [-0.4, -0.2) is 11.4 Å². The Bertz CT molecular complexity index is 304. The summed E-state index contributed by atoms with van der Waals surface area (Å²) in [7, 11) is 0. The van der Waals surface area contributed by atoms with Gasteiger partial charge in [-0.1, -0.05) is 12.8 Å². The molecule has 0 unspecified atom stereocenters. The number of nitrogens with one attached hydrogen (secondary N) is 1. The summed E-state index contributed by atoms with van der Waals surface area (Å²) in [5, 5.41) is 2.97. The number of carbonyl (C=O) groups excluding carboxylic acids is 1. The lowest BCUT2D eigenvalue weighted by atomic mass is 9.89. The van der Waals surface area contributed by atoms with Crippen LogP contribution in [0.3, 0.4) is 0 Å². The van der Waals surface area contributed by atoms with E-state index in [1.807, 2.05) is 12.1 Å². The molecule has 0 aromatic carbocycles. The van der Waals surface area contributed by atoms with Crippen molar-refractivity contribution in [3.63, 3.8) is 0 Å². The minimum absolute atomic E-state index is 0.120. The first-order valence-corrected chi connectivity index (χ1v) is 4.99. The van der Waals surface area contributed by atoms with Crippen LogP contribution in [0.25, 0.3) is 0 Å². The maximum absolute atomic E-state index is 10.6. The molecule has 1 aromatic heterocycles. The van der Waals surface area contributed by atoms with Crippen molar-refractivity contribution in [2.45, 2.75) is 31.2 Å². The van der Waals surface area contributed by atoms with Crippen LogP contribution in [0.4, 0.5) is 0 Å². The highest BCUT2D eigenvalue weighted by Gasteiger charge is 2.34. The van der Waals surface area contributed by atoms with Crippen LogP contribution in [0.15, 0.2) is 24.5 Å². The second-order valence-electron chi connectivity index (χ2n) is 3.79. The van der Waals surface area contributed by atoms with Crippen molar-refractivity contribution < 1.29 is 4.79 Å². The lowest BCUT2D eigenvalue weighted by molar-refractivity contribution is -0.111. The lowest BCUT2D eigenvalue weighted by Crippen LogP contribution is -2.38. The highest BCUT2D eigenvalue weighted by molar-refractivity contribution is 5.49. The van der Waals surface area contributed by atoms with E-state index < -0.39 is 0 Å². The summed E-state index contributed by atoms with van der Waals surface area (Å²) >= 11 is 0. The first kappa shape index (κ1) is 9.19. The SMILES string of the molecule is O=CNC1(c2ccncc2)CCCC1. The van der Waals surface area contributed by atoms with Crippen molar-refractivity contribution in [1.29, 1.82) is 0 Å². The zero-order chi connectivity index (χ0) is 9.86. The quantitative estimate of drug-likeness (QED) is 0.735. The molecule has 1 fully saturated rings. The minimum Gasteiger partial charge on any atom is -0.349 e. The van der Waals surface area contributed by atoms with Crippen molar-refractivity contribution in [1.82, 2.24) is 10.3 Å². The molecule has 1 N–H and O–H groups in total. The normalized spacial score (nSPS) is 19.1. The third-order valence-electron chi connectivity index (χ3n) is 3.03. The second kappa shape index (κ2) is 3.78. The van der Waals surface area contributed by atoms with Gasteiger partial charge in [0.05, 0.1) is 5.54 Å². The molecule has 14 heavy (non-hydrogen) atoms. The summed E-state index contributed by atoms with van der Waals surface area (Å²) in [6, 6.07) is 3.98. The summed E-state index contributed by atoms with van der Waals surface area (Å²) in [4.78, 5) is 14.6. The topological polar surface area (TPSA) is 42.0 Å². The molecule has 0 spiro atoms. The first-order valence-electron chi connectivity index (χ1n) is 4.99. The molecule has 0 aliphatic heterocycles. The Kier molecular flexibility index (Phi) is 2.48. The zero-order valence-corrected chi connectivity index (χ0v) is 8.07. The number of hydrogen-bond acceptors (Lipinski definition) is 2. The fraction of sp³-hybridized carbons (Fsp3) is 0.455. The predicted octanol–water partition coefficient (Wildman–Crippen LogP) is 1.60. The third kappa shape index (κ3) is 1.50. The smallest absolute Gasteiger partial charge is 0.207 e. The number of rotatable bonds is 3. The van der Waals surface area contributed by atoms with Crippen LogP contribution in [0.5, 0.6) is 0 Å². The van der Waals surface area contributed by atoms with E-state index in [9.17, 15) is 4.79 Å². The third-order valence-corrected chi connectivity index (χ3v) is 3.03. The molecule has 3 heteroatoms. The Morgan fingerprint density at radius 1 is 1.29 bits per heavy atom. The van der Waals surface area contributed by atoms with E-state index in [4.69, 9.17) is 0 Å². The summed E-state index contributed by atoms with van der Waals surface area (Å²) in [6.07, 6.45) is 8.81. The summed E-state index contributed by atoms with van der Waals surface area (Å²) in [5.41, 5.74) is 1.06. The van der Waals surface area contributed by atoms with Crippen molar-refractivity contribution in [2.24, 2.45) is 0 Å². The molecule has 1 amide bonds. The minimum atomic E-state index is -0.120. The molecule has 1 saturated carbocycles. The van der Waals surface area contributed by atoms with Gasteiger partial charge in [0, 0.05) is 12.4 Å². The number of hydrogen-bond donors (Lipinski definition) is 1. The summed E-state index contributed by atoms with van der Waals surface area (Å²) in [5.74, 6) is 0. The first-order chi connectivity index (χ1) is 6.87. The molecule has 0 bridgehead atoms. The summed E-state index contributed by atoms with van der Waals surface area (Å²) < 4.78 is 0. The average Bonchev–Trinajstić information content (AvgIpc) is 2.70. The monoisotopic (exact) mass is 190 g/mol. The molecule has 0 radical (unpaired) electrons. The number of amides is 1. The fourth-order valence-corrected chi connectivity index (χ4v) is 2.28. The molecule has 74 valence electrons. The molecule has 0 saturated heterocycles. The Morgan fingerprint density at radius 2 is 1.93 bits per heavy atom. The van der Waals surface area contributed by atoms with Gasteiger partial charge in [0.15, 0.2) is 0 Å². The molecule has 1 aliphatic rings. The zero-order valence-electron chi connectivity index (χ0n) is 8.07. The van der Waals surface area contributed by atoms with Gasteiger partial charge in [-0.25, -0.2) is 0 Å². The van der Waals surface area contributed by atoms with Gasteiger partial charge >= 0.3 is 0 Å². The van der Waals surface area contributed by atoms with Gasteiger partial charge in [-0.2, -0.15) is 0 Å². The van der Waals surface area contributed by atoms with Crippen molar-refractivity contribution in [2.75, 3.05) is 0 Å². The summed E-state index contributed by atoms with van der Waals surface area (Å²) in [6.45, 7) is 0. The predicted molar refractivity (Wildman–Crippen MR) is 53.6 cm³/mol. The number of aromatic nitrogens is 1. The Morgan fingerprint density at radius 3 is 2.50 bits per heavy atom. The highest BCUT2D eigenvalue weighted by atomic mass is 16.1. The van der Waals surface area contributed by atoms with Crippen LogP contribution in [0.1, 0.15) is 31.2 Å². The number of pyridine rings is 1. The van der Waals surface area contributed by atoms with Crippen LogP contribution in [0, 0.1) is 0 Å². The van der Waals surface area contributed by atoms with Gasteiger partial charge in [-0.3, -0.25) is 9.78 Å². The van der Waals surface area contributed by atoms with Crippen molar-refractivity contribution >= 4 is 6.41 Å². The molecular formula is C11H14N2O. The van der Waals surface area contributed by atoms with Gasteiger partial charge < -0.3 is 5.32 Å². The molecular weight excluding hydrogens is 176 g/mol. The van der Waals surface area contributed by atoms with Crippen molar-refractivity contribution in [3.05, 3.63) is 30.1 Å². The number of nitrogens with zero attached hydrogens (tertiary/aromatic N) is 1. The molecule has 1 heterocycles. The van der Waals surface area contributed by atoms with Crippen LogP contribution < -0.4 is 5.32 Å². The van der Waals surface area contributed by atoms with Gasteiger partial charge in [0.1, 0.15) is 0 Å². The van der Waals surface area contributed by atoms with E-state index in [1.54, 1.807) is 12.4 Å². The van der Waals surface area contributed by atoms with Gasteiger partial charge in [-0.15, -0.1) is 0 Å². The highest BCUT2D eigenvalue weighted by Crippen LogP contribution is 2.37. The standard InChI is InChI=1S/C11H14N2O/c14-9-13-11(5-1-2-6-11)10-3-7-12-8-4-10/h3-4,7-9H,1-2,5-6H2,(H,13,14). The van der Waals surface area contributed by atoms with E-state index >= 15 is 0 Å². The Labute approximate surface area is 83.5 Å². The van der Waals surface area contributed by atoms with Crippen LogP contribution in [0.2, 0.25) is 0 Å². The van der Waals surface area contributed by atoms with Gasteiger partial charge in [0.2, 0.25) is 6.41 Å². The van der Waals surface area contributed by atoms with Gasteiger partial charge in [-0.05, 0) is 30.5 Å². The van der Waals surface area contributed by atoms with E-state index in [-0.39, 0.29) is 5.54 Å². The maximum Gasteiger partial charge on any atom is 0.207 e. The lowest BCUT2D eigenvalue weighted by Gasteiger charge is -2.28. The van der Waals surface area contributed by atoms with Crippen LogP contribution in [-0.2, 0) is 10.3 Å². The van der Waals surface area contributed by atoms with Crippen LogP contribution >= 0.6 is 0 Å². The molecule has 0 atom stereocenters. The Balaban J connectivity index is 2.31.